The maximum Gasteiger partial charge on any atom is 0.165 e. The summed E-state index contributed by atoms with van der Waals surface area (Å²) < 4.78 is 19.9. The van der Waals surface area contributed by atoms with E-state index in [2.05, 4.69) is 5.10 Å². The summed E-state index contributed by atoms with van der Waals surface area (Å²) in [5.41, 5.74) is 7.55. The minimum atomic E-state index is -0.399. The molecule has 0 aliphatic rings. The second kappa shape index (κ2) is 4.55. The molecular formula is C12H14FN3O. The monoisotopic (exact) mass is 235 g/mol. The number of aromatic nitrogens is 2. The van der Waals surface area contributed by atoms with Crippen molar-refractivity contribution < 1.29 is 9.13 Å². The molecule has 1 aromatic carbocycles. The van der Waals surface area contributed by atoms with Crippen LogP contribution in [0.5, 0.6) is 5.75 Å². The number of nitrogens with zero attached hydrogens (tertiary/aromatic N) is 2. The Hall–Kier alpha value is -1.88. The Morgan fingerprint density at radius 1 is 1.41 bits per heavy atom. The van der Waals surface area contributed by atoms with Crippen LogP contribution in [0, 0.1) is 5.82 Å². The molecule has 2 rings (SSSR count). The number of hydrogen-bond donors (Lipinski definition) is 1. The van der Waals surface area contributed by atoms with Crippen molar-refractivity contribution in [1.82, 2.24) is 9.78 Å². The van der Waals surface area contributed by atoms with Gasteiger partial charge in [0.05, 0.1) is 18.8 Å². The first-order valence-electron chi connectivity index (χ1n) is 5.20. The number of hydrogen-bond acceptors (Lipinski definition) is 3. The zero-order valence-electron chi connectivity index (χ0n) is 9.72. The van der Waals surface area contributed by atoms with Gasteiger partial charge in [-0.25, -0.2) is 4.39 Å². The van der Waals surface area contributed by atoms with Crippen LogP contribution in [0.25, 0.3) is 0 Å². The lowest BCUT2D eigenvalue weighted by atomic mass is 10.0. The number of aryl methyl sites for hydroxylation is 1. The smallest absolute Gasteiger partial charge is 0.165 e. The van der Waals surface area contributed by atoms with Gasteiger partial charge in [0.25, 0.3) is 0 Å². The molecule has 17 heavy (non-hydrogen) atoms. The Labute approximate surface area is 98.8 Å². The highest BCUT2D eigenvalue weighted by molar-refractivity contribution is 5.35. The first-order chi connectivity index (χ1) is 8.11. The maximum atomic E-state index is 13.3. The molecule has 0 amide bonds. The molecule has 0 aliphatic heterocycles. The molecule has 1 atom stereocenters. The van der Waals surface area contributed by atoms with Crippen molar-refractivity contribution in [3.8, 4) is 5.75 Å². The predicted octanol–water partition coefficient (Wildman–Crippen LogP) is 1.62. The van der Waals surface area contributed by atoms with Crippen molar-refractivity contribution in [1.29, 1.82) is 0 Å². The third kappa shape index (κ3) is 2.29. The molecule has 5 heteroatoms. The molecule has 0 bridgehead atoms. The second-order valence-corrected chi connectivity index (χ2v) is 3.79. The summed E-state index contributed by atoms with van der Waals surface area (Å²) in [6, 6.07) is 6.02. The van der Waals surface area contributed by atoms with Gasteiger partial charge in [-0.2, -0.15) is 5.10 Å². The van der Waals surface area contributed by atoms with Crippen LogP contribution >= 0.6 is 0 Å². The van der Waals surface area contributed by atoms with Gasteiger partial charge in [0.1, 0.15) is 0 Å². The van der Waals surface area contributed by atoms with Gasteiger partial charge < -0.3 is 10.5 Å². The molecule has 1 aromatic heterocycles. The lowest BCUT2D eigenvalue weighted by Crippen LogP contribution is -2.13. The average Bonchev–Trinajstić information content (AvgIpc) is 2.75. The summed E-state index contributed by atoms with van der Waals surface area (Å²) >= 11 is 0. The number of ether oxygens (including phenoxy) is 1. The molecule has 0 spiro atoms. The van der Waals surface area contributed by atoms with E-state index in [0.717, 1.165) is 11.3 Å². The van der Waals surface area contributed by atoms with E-state index in [1.165, 1.54) is 13.2 Å². The molecule has 1 unspecified atom stereocenters. The molecule has 4 nitrogen and oxygen atoms in total. The summed E-state index contributed by atoms with van der Waals surface area (Å²) in [4.78, 5) is 0. The summed E-state index contributed by atoms with van der Waals surface area (Å²) in [5, 5.41) is 4.22. The topological polar surface area (TPSA) is 53.1 Å². The van der Waals surface area contributed by atoms with Crippen LogP contribution in [0.4, 0.5) is 4.39 Å². The Morgan fingerprint density at radius 2 is 2.18 bits per heavy atom. The fourth-order valence-electron chi connectivity index (χ4n) is 1.64. The lowest BCUT2D eigenvalue weighted by molar-refractivity contribution is 0.385. The highest BCUT2D eigenvalue weighted by Gasteiger charge is 2.14. The highest BCUT2D eigenvalue weighted by atomic mass is 19.1. The van der Waals surface area contributed by atoms with E-state index in [1.807, 2.05) is 19.3 Å². The van der Waals surface area contributed by atoms with Crippen molar-refractivity contribution in [2.45, 2.75) is 6.04 Å². The quantitative estimate of drug-likeness (QED) is 0.879. The minimum absolute atomic E-state index is 0.189. The molecule has 0 aliphatic carbocycles. The van der Waals surface area contributed by atoms with Gasteiger partial charge in [0.15, 0.2) is 11.6 Å². The van der Waals surface area contributed by atoms with Crippen molar-refractivity contribution in [3.63, 3.8) is 0 Å². The van der Waals surface area contributed by atoms with Gasteiger partial charge in [-0.05, 0) is 23.8 Å². The first kappa shape index (κ1) is 11.6. The fourth-order valence-corrected chi connectivity index (χ4v) is 1.64. The van der Waals surface area contributed by atoms with Crippen LogP contribution in [0.15, 0.2) is 30.5 Å². The zero-order valence-corrected chi connectivity index (χ0v) is 9.72. The van der Waals surface area contributed by atoms with Crippen LogP contribution < -0.4 is 10.5 Å². The molecule has 90 valence electrons. The lowest BCUT2D eigenvalue weighted by Gasteiger charge is -2.11. The molecule has 0 fully saturated rings. The largest absolute Gasteiger partial charge is 0.494 e. The van der Waals surface area contributed by atoms with Gasteiger partial charge in [0.2, 0.25) is 0 Å². The fraction of sp³-hybridized carbons (Fsp3) is 0.250. The van der Waals surface area contributed by atoms with E-state index >= 15 is 0 Å². The SMILES string of the molecule is COc1cc(C(N)c2ccn(C)n2)ccc1F. The van der Waals surface area contributed by atoms with E-state index in [-0.39, 0.29) is 11.8 Å². The predicted molar refractivity (Wildman–Crippen MR) is 62.2 cm³/mol. The van der Waals surface area contributed by atoms with Gasteiger partial charge in [-0.3, -0.25) is 4.68 Å². The molecular weight excluding hydrogens is 221 g/mol. The Morgan fingerprint density at radius 3 is 2.76 bits per heavy atom. The first-order valence-corrected chi connectivity index (χ1v) is 5.20. The summed E-state index contributed by atoms with van der Waals surface area (Å²) in [6.45, 7) is 0. The van der Waals surface area contributed by atoms with Gasteiger partial charge >= 0.3 is 0 Å². The van der Waals surface area contributed by atoms with Gasteiger partial charge in [0, 0.05) is 13.2 Å². The molecule has 0 saturated heterocycles. The van der Waals surface area contributed by atoms with E-state index < -0.39 is 5.82 Å². The minimum Gasteiger partial charge on any atom is -0.494 e. The van der Waals surface area contributed by atoms with Crippen molar-refractivity contribution >= 4 is 0 Å². The number of nitrogens with two attached hydrogens (primary N) is 1. The van der Waals surface area contributed by atoms with Crippen molar-refractivity contribution in [3.05, 3.63) is 47.5 Å². The van der Waals surface area contributed by atoms with E-state index in [4.69, 9.17) is 10.5 Å². The van der Waals surface area contributed by atoms with Crippen LogP contribution in [0.3, 0.4) is 0 Å². The second-order valence-electron chi connectivity index (χ2n) is 3.79. The molecule has 0 radical (unpaired) electrons. The normalized spacial score (nSPS) is 12.5. The Balaban J connectivity index is 2.34. The van der Waals surface area contributed by atoms with Gasteiger partial charge in [-0.1, -0.05) is 6.07 Å². The van der Waals surface area contributed by atoms with E-state index in [9.17, 15) is 4.39 Å². The molecule has 0 saturated carbocycles. The number of rotatable bonds is 3. The van der Waals surface area contributed by atoms with Crippen LogP contribution in [-0.4, -0.2) is 16.9 Å². The Kier molecular flexibility index (Phi) is 3.10. The third-order valence-corrected chi connectivity index (χ3v) is 2.59. The number of methoxy groups -OCH3 is 1. The molecule has 1 heterocycles. The molecule has 2 aromatic rings. The average molecular weight is 235 g/mol. The van der Waals surface area contributed by atoms with Gasteiger partial charge in [-0.15, -0.1) is 0 Å². The number of benzene rings is 1. The van der Waals surface area contributed by atoms with Crippen LogP contribution in [-0.2, 0) is 7.05 Å². The zero-order chi connectivity index (χ0) is 12.4. The molecule has 2 N–H and O–H groups in total. The summed E-state index contributed by atoms with van der Waals surface area (Å²) in [7, 11) is 3.25. The summed E-state index contributed by atoms with van der Waals surface area (Å²) in [5.74, 6) is -0.210. The third-order valence-electron chi connectivity index (χ3n) is 2.59. The van der Waals surface area contributed by atoms with Crippen LogP contribution in [0.1, 0.15) is 17.3 Å². The Bertz CT molecular complexity index is 524. The van der Waals surface area contributed by atoms with Crippen molar-refractivity contribution in [2.24, 2.45) is 12.8 Å². The highest BCUT2D eigenvalue weighted by Crippen LogP contribution is 2.24. The van der Waals surface area contributed by atoms with Crippen molar-refractivity contribution in [2.75, 3.05) is 7.11 Å². The standard InChI is InChI=1S/C12H14FN3O/c1-16-6-5-10(15-16)12(14)8-3-4-9(13)11(7-8)17-2/h3-7,12H,14H2,1-2H3. The van der Waals surface area contributed by atoms with E-state index in [1.54, 1.807) is 16.8 Å². The van der Waals surface area contributed by atoms with Crippen LogP contribution in [0.2, 0.25) is 0 Å². The number of halogens is 1. The van der Waals surface area contributed by atoms with E-state index in [0.29, 0.717) is 0 Å². The maximum absolute atomic E-state index is 13.3. The summed E-state index contributed by atoms with van der Waals surface area (Å²) in [6.07, 6.45) is 1.82.